The van der Waals surface area contributed by atoms with Crippen LogP contribution in [0.2, 0.25) is 5.02 Å². The van der Waals surface area contributed by atoms with Crippen LogP contribution in [0.3, 0.4) is 0 Å². The highest BCUT2D eigenvalue weighted by Gasteiger charge is 2.22. The highest BCUT2D eigenvalue weighted by molar-refractivity contribution is 6.31. The molecule has 1 aromatic rings. The maximum Gasteiger partial charge on any atom is 0.251 e. The molecule has 0 bridgehead atoms. The summed E-state index contributed by atoms with van der Waals surface area (Å²) in [6.45, 7) is 2.23. The molecule has 0 spiro atoms. The van der Waals surface area contributed by atoms with Crippen LogP contribution in [0.15, 0.2) is 18.2 Å². The average Bonchev–Trinajstić information content (AvgIpc) is 2.40. The van der Waals surface area contributed by atoms with Crippen LogP contribution >= 0.6 is 11.6 Å². The van der Waals surface area contributed by atoms with E-state index in [-0.39, 0.29) is 11.9 Å². The normalized spacial score (nSPS) is 22.5. The van der Waals surface area contributed by atoms with Crippen LogP contribution in [0, 0.1) is 5.92 Å². The number of amides is 1. The van der Waals surface area contributed by atoms with Crippen molar-refractivity contribution < 1.29 is 4.79 Å². The maximum absolute atomic E-state index is 12.2. The van der Waals surface area contributed by atoms with E-state index in [0.717, 1.165) is 18.8 Å². The van der Waals surface area contributed by atoms with Crippen LogP contribution in [-0.4, -0.2) is 11.9 Å². The Bertz CT molecular complexity index is 447. The van der Waals surface area contributed by atoms with Crippen LogP contribution in [0.4, 0.5) is 5.69 Å². The summed E-state index contributed by atoms with van der Waals surface area (Å²) < 4.78 is 0. The summed E-state index contributed by atoms with van der Waals surface area (Å²) in [5.74, 6) is 0.771. The fourth-order valence-corrected chi connectivity index (χ4v) is 3.26. The number of halogens is 1. The summed E-state index contributed by atoms with van der Waals surface area (Å²) >= 11 is 5.93. The van der Waals surface area contributed by atoms with Crippen molar-refractivity contribution in [2.24, 2.45) is 5.92 Å². The fourth-order valence-electron chi connectivity index (χ4n) is 3.02. The predicted molar refractivity (Wildman–Crippen MR) is 84.0 cm³/mol. The van der Waals surface area contributed by atoms with E-state index in [4.69, 9.17) is 17.3 Å². The summed E-state index contributed by atoms with van der Waals surface area (Å²) in [6.07, 6.45) is 7.15. The summed E-state index contributed by atoms with van der Waals surface area (Å²) in [5.41, 5.74) is 6.79. The smallest absolute Gasteiger partial charge is 0.251 e. The Morgan fingerprint density at radius 3 is 2.60 bits per heavy atom. The number of nitrogen functional groups attached to an aromatic ring is 1. The Balaban J connectivity index is 1.89. The molecule has 1 amide bonds. The number of nitrogens with two attached hydrogens (primary N) is 1. The van der Waals surface area contributed by atoms with Gasteiger partial charge in [-0.1, -0.05) is 31.4 Å². The quantitative estimate of drug-likeness (QED) is 0.824. The van der Waals surface area contributed by atoms with Gasteiger partial charge in [-0.2, -0.15) is 0 Å². The SMILES string of the molecule is CCCC1CCC(NC(=O)c2cc(N)cc(Cl)c2)CC1. The number of carbonyl (C=O) groups excluding carboxylic acids is 1. The molecule has 4 heteroatoms. The zero-order chi connectivity index (χ0) is 14.5. The lowest BCUT2D eigenvalue weighted by Crippen LogP contribution is -2.37. The molecule has 0 radical (unpaired) electrons. The zero-order valence-corrected chi connectivity index (χ0v) is 12.7. The van der Waals surface area contributed by atoms with E-state index in [9.17, 15) is 4.79 Å². The number of anilines is 1. The Kier molecular flexibility index (Phi) is 5.30. The van der Waals surface area contributed by atoms with Crippen molar-refractivity contribution in [2.75, 3.05) is 5.73 Å². The minimum Gasteiger partial charge on any atom is -0.399 e. The van der Waals surface area contributed by atoms with Crippen molar-refractivity contribution >= 4 is 23.2 Å². The minimum absolute atomic E-state index is 0.0712. The van der Waals surface area contributed by atoms with E-state index >= 15 is 0 Å². The molecule has 3 N–H and O–H groups in total. The standard InChI is InChI=1S/C16H23ClN2O/c1-2-3-11-4-6-15(7-5-11)19-16(20)12-8-13(17)10-14(18)9-12/h8-11,15H,2-7,18H2,1H3,(H,19,20). The first kappa shape index (κ1) is 15.2. The van der Waals surface area contributed by atoms with E-state index in [1.165, 1.54) is 25.7 Å². The van der Waals surface area contributed by atoms with Crippen molar-refractivity contribution in [3.05, 3.63) is 28.8 Å². The highest BCUT2D eigenvalue weighted by Crippen LogP contribution is 2.28. The molecule has 110 valence electrons. The van der Waals surface area contributed by atoms with Crippen molar-refractivity contribution in [3.63, 3.8) is 0 Å². The average molecular weight is 295 g/mol. The fraction of sp³-hybridized carbons (Fsp3) is 0.562. The van der Waals surface area contributed by atoms with Crippen molar-refractivity contribution in [2.45, 2.75) is 51.5 Å². The number of rotatable bonds is 4. The lowest BCUT2D eigenvalue weighted by Gasteiger charge is -2.29. The van der Waals surface area contributed by atoms with Crippen LogP contribution in [0.5, 0.6) is 0 Å². The molecule has 1 aliphatic rings. The highest BCUT2D eigenvalue weighted by atomic mass is 35.5. The Morgan fingerprint density at radius 1 is 1.30 bits per heavy atom. The van der Waals surface area contributed by atoms with Gasteiger partial charge < -0.3 is 11.1 Å². The topological polar surface area (TPSA) is 55.1 Å². The Morgan fingerprint density at radius 2 is 2.00 bits per heavy atom. The molecule has 2 rings (SSSR count). The van der Waals surface area contributed by atoms with Crippen molar-refractivity contribution in [3.8, 4) is 0 Å². The van der Waals surface area contributed by atoms with Crippen LogP contribution < -0.4 is 11.1 Å². The first-order valence-electron chi connectivity index (χ1n) is 7.45. The van der Waals surface area contributed by atoms with Gasteiger partial charge in [-0.15, -0.1) is 0 Å². The van der Waals surface area contributed by atoms with E-state index in [1.54, 1.807) is 18.2 Å². The molecule has 0 heterocycles. The molecule has 0 saturated heterocycles. The van der Waals surface area contributed by atoms with Gasteiger partial charge in [0.25, 0.3) is 5.91 Å². The monoisotopic (exact) mass is 294 g/mol. The third kappa shape index (κ3) is 4.14. The number of hydrogen-bond donors (Lipinski definition) is 2. The predicted octanol–water partition coefficient (Wildman–Crippen LogP) is 4.01. The van der Waals surface area contributed by atoms with Gasteiger partial charge in [0, 0.05) is 22.3 Å². The third-order valence-corrected chi connectivity index (χ3v) is 4.28. The van der Waals surface area contributed by atoms with Gasteiger partial charge >= 0.3 is 0 Å². The molecule has 1 aromatic carbocycles. The van der Waals surface area contributed by atoms with E-state index < -0.39 is 0 Å². The molecule has 0 aromatic heterocycles. The Labute approximate surface area is 125 Å². The molecule has 0 unspecified atom stereocenters. The zero-order valence-electron chi connectivity index (χ0n) is 12.0. The summed E-state index contributed by atoms with van der Waals surface area (Å²) in [6, 6.07) is 5.27. The molecule has 20 heavy (non-hydrogen) atoms. The summed E-state index contributed by atoms with van der Waals surface area (Å²) in [7, 11) is 0. The van der Waals surface area contributed by atoms with Gasteiger partial charge in [-0.3, -0.25) is 4.79 Å². The minimum atomic E-state index is -0.0712. The second kappa shape index (κ2) is 6.98. The maximum atomic E-state index is 12.2. The van der Waals surface area contributed by atoms with Gasteiger partial charge in [0.05, 0.1) is 0 Å². The van der Waals surface area contributed by atoms with Gasteiger partial charge in [0.2, 0.25) is 0 Å². The third-order valence-electron chi connectivity index (χ3n) is 4.06. The first-order chi connectivity index (χ1) is 9.58. The lowest BCUT2D eigenvalue weighted by molar-refractivity contribution is 0.0921. The molecule has 3 nitrogen and oxygen atoms in total. The van der Waals surface area contributed by atoms with Crippen molar-refractivity contribution in [1.29, 1.82) is 0 Å². The molecule has 1 aliphatic carbocycles. The largest absolute Gasteiger partial charge is 0.399 e. The van der Waals surface area contributed by atoms with Crippen LogP contribution in [0.25, 0.3) is 0 Å². The number of carbonyl (C=O) groups is 1. The molecular weight excluding hydrogens is 272 g/mol. The van der Waals surface area contributed by atoms with E-state index in [2.05, 4.69) is 12.2 Å². The van der Waals surface area contributed by atoms with Crippen LogP contribution in [0.1, 0.15) is 55.8 Å². The second-order valence-corrected chi connectivity index (χ2v) is 6.19. The molecule has 1 saturated carbocycles. The van der Waals surface area contributed by atoms with Gasteiger partial charge in [-0.25, -0.2) is 0 Å². The molecule has 1 fully saturated rings. The molecule has 0 aliphatic heterocycles. The number of benzene rings is 1. The Hall–Kier alpha value is -1.22. The van der Waals surface area contributed by atoms with Gasteiger partial charge in [-0.05, 0) is 49.8 Å². The molecular formula is C16H23ClN2O. The molecule has 0 atom stereocenters. The van der Waals surface area contributed by atoms with Gasteiger partial charge in [0.15, 0.2) is 0 Å². The van der Waals surface area contributed by atoms with Gasteiger partial charge in [0.1, 0.15) is 0 Å². The van der Waals surface area contributed by atoms with Crippen molar-refractivity contribution in [1.82, 2.24) is 5.32 Å². The first-order valence-corrected chi connectivity index (χ1v) is 7.83. The second-order valence-electron chi connectivity index (χ2n) is 5.75. The summed E-state index contributed by atoms with van der Waals surface area (Å²) in [4.78, 5) is 12.2. The van der Waals surface area contributed by atoms with E-state index in [0.29, 0.717) is 16.3 Å². The number of hydrogen-bond acceptors (Lipinski definition) is 2. The lowest BCUT2D eigenvalue weighted by atomic mass is 9.83. The van der Waals surface area contributed by atoms with Crippen LogP contribution in [-0.2, 0) is 0 Å². The number of nitrogens with one attached hydrogen (secondary N) is 1. The van der Waals surface area contributed by atoms with E-state index in [1.807, 2.05) is 0 Å². The summed E-state index contributed by atoms with van der Waals surface area (Å²) in [5, 5.41) is 3.60.